The molecule has 0 saturated carbocycles. The van der Waals surface area contributed by atoms with Crippen LogP contribution in [0.25, 0.3) is 0 Å². The van der Waals surface area contributed by atoms with Gasteiger partial charge < -0.3 is 15.0 Å². The van der Waals surface area contributed by atoms with Gasteiger partial charge in [0.05, 0.1) is 19.1 Å². The summed E-state index contributed by atoms with van der Waals surface area (Å²) in [5.41, 5.74) is 4.51. The van der Waals surface area contributed by atoms with Crippen LogP contribution in [0.1, 0.15) is 35.6 Å². The fourth-order valence-corrected chi connectivity index (χ4v) is 4.38. The number of carbonyl (C=O) groups excluding carboxylic acids is 2. The van der Waals surface area contributed by atoms with Gasteiger partial charge in [0.25, 0.3) is 0 Å². The van der Waals surface area contributed by atoms with Crippen molar-refractivity contribution in [1.29, 1.82) is 0 Å². The fourth-order valence-electron chi connectivity index (χ4n) is 4.38. The van der Waals surface area contributed by atoms with Crippen LogP contribution in [0, 0.1) is 19.8 Å². The Kier molecular flexibility index (Phi) is 6.26. The summed E-state index contributed by atoms with van der Waals surface area (Å²) in [4.78, 5) is 28.5. The van der Waals surface area contributed by atoms with Crippen molar-refractivity contribution in [1.82, 2.24) is 0 Å². The molecule has 1 N–H and O–H groups in total. The number of methoxy groups -OCH3 is 1. The zero-order chi connectivity index (χ0) is 22.7. The molecule has 0 unspecified atom stereocenters. The third kappa shape index (κ3) is 4.24. The maximum Gasteiger partial charge on any atom is 0.229 e. The predicted molar refractivity (Wildman–Crippen MR) is 127 cm³/mol. The highest BCUT2D eigenvalue weighted by atomic mass is 16.5. The van der Waals surface area contributed by atoms with Gasteiger partial charge in [-0.25, -0.2) is 0 Å². The number of aryl methyl sites for hydroxylation is 2. The number of nitrogens with one attached hydrogen (secondary N) is 1. The molecule has 5 nitrogen and oxygen atoms in total. The number of benzene rings is 3. The van der Waals surface area contributed by atoms with Crippen molar-refractivity contribution >= 4 is 23.2 Å². The lowest BCUT2D eigenvalue weighted by Gasteiger charge is -2.41. The van der Waals surface area contributed by atoms with Crippen molar-refractivity contribution in [3.8, 4) is 5.75 Å². The molecule has 0 bridgehead atoms. The maximum absolute atomic E-state index is 13.6. The second kappa shape index (κ2) is 9.27. The lowest BCUT2D eigenvalue weighted by Crippen LogP contribution is -2.47. The molecule has 0 radical (unpaired) electrons. The average Bonchev–Trinajstić information content (AvgIpc) is 2.81. The normalized spacial score (nSPS) is 18.3. The Labute approximate surface area is 189 Å². The highest BCUT2D eigenvalue weighted by molar-refractivity contribution is 6.00. The van der Waals surface area contributed by atoms with Crippen LogP contribution < -0.4 is 15.0 Å². The van der Waals surface area contributed by atoms with E-state index in [9.17, 15) is 9.59 Å². The topological polar surface area (TPSA) is 58.6 Å². The highest BCUT2D eigenvalue weighted by Crippen LogP contribution is 2.43. The Bertz CT molecular complexity index is 1120. The van der Waals surface area contributed by atoms with E-state index in [4.69, 9.17) is 4.74 Å². The summed E-state index contributed by atoms with van der Waals surface area (Å²) in [5, 5.41) is 3.10. The van der Waals surface area contributed by atoms with Gasteiger partial charge in [0, 0.05) is 23.4 Å². The summed E-state index contributed by atoms with van der Waals surface area (Å²) < 4.78 is 5.63. The molecule has 2 atom stereocenters. The van der Waals surface area contributed by atoms with Gasteiger partial charge in [-0.15, -0.1) is 0 Å². The molecule has 4 rings (SSSR count). The minimum Gasteiger partial charge on any atom is -0.496 e. The first-order valence-electron chi connectivity index (χ1n) is 10.9. The molecule has 5 heteroatoms. The van der Waals surface area contributed by atoms with Crippen LogP contribution in [0.5, 0.6) is 5.75 Å². The van der Waals surface area contributed by atoms with E-state index in [1.807, 2.05) is 86.6 Å². The van der Waals surface area contributed by atoms with E-state index in [0.717, 1.165) is 28.1 Å². The SMILES string of the molecule is COc1ccccc1[C@H]1[C@@H](C(=O)Nc2ccccc2C)CCC(=O)N1c1ccc(C)cc1. The average molecular weight is 429 g/mol. The van der Waals surface area contributed by atoms with Gasteiger partial charge in [0.2, 0.25) is 11.8 Å². The van der Waals surface area contributed by atoms with E-state index < -0.39 is 12.0 Å². The summed E-state index contributed by atoms with van der Waals surface area (Å²) in [6, 6.07) is 22.7. The zero-order valence-corrected chi connectivity index (χ0v) is 18.7. The Balaban J connectivity index is 1.79. The lowest BCUT2D eigenvalue weighted by atomic mass is 9.82. The summed E-state index contributed by atoms with van der Waals surface area (Å²) in [5.74, 6) is 0.146. The molecule has 1 fully saturated rings. The molecule has 2 amide bonds. The third-order valence-electron chi connectivity index (χ3n) is 6.11. The van der Waals surface area contributed by atoms with E-state index in [2.05, 4.69) is 5.32 Å². The standard InChI is InChI=1S/C27H28N2O3/c1-18-12-14-20(15-13-18)29-25(30)17-16-22(26(29)21-9-5-7-11-24(21)32-3)27(31)28-23-10-6-4-8-19(23)2/h4-15,22,26H,16-17H2,1-3H3,(H,28,31)/t22-,26-/m0/s1. The first-order chi connectivity index (χ1) is 15.5. The van der Waals surface area contributed by atoms with Crippen molar-refractivity contribution in [2.45, 2.75) is 32.7 Å². The van der Waals surface area contributed by atoms with Crippen molar-refractivity contribution < 1.29 is 14.3 Å². The van der Waals surface area contributed by atoms with Crippen LogP contribution in [-0.4, -0.2) is 18.9 Å². The number of hydrogen-bond donors (Lipinski definition) is 1. The van der Waals surface area contributed by atoms with Crippen molar-refractivity contribution in [3.63, 3.8) is 0 Å². The first-order valence-corrected chi connectivity index (χ1v) is 10.9. The number of para-hydroxylation sites is 2. The van der Waals surface area contributed by atoms with Crippen LogP contribution >= 0.6 is 0 Å². The number of carbonyl (C=O) groups is 2. The van der Waals surface area contributed by atoms with E-state index in [0.29, 0.717) is 18.6 Å². The van der Waals surface area contributed by atoms with Gasteiger partial charge in [0.1, 0.15) is 5.75 Å². The van der Waals surface area contributed by atoms with E-state index in [1.165, 1.54) is 0 Å². The summed E-state index contributed by atoms with van der Waals surface area (Å²) in [7, 11) is 1.61. The zero-order valence-electron chi connectivity index (χ0n) is 18.7. The number of rotatable bonds is 5. The molecule has 3 aromatic rings. The van der Waals surface area contributed by atoms with E-state index in [1.54, 1.807) is 12.0 Å². The van der Waals surface area contributed by atoms with Gasteiger partial charge in [0.15, 0.2) is 0 Å². The number of hydrogen-bond acceptors (Lipinski definition) is 3. The summed E-state index contributed by atoms with van der Waals surface area (Å²) in [6.45, 7) is 3.98. The Morgan fingerprint density at radius 1 is 0.969 bits per heavy atom. The molecule has 1 aliphatic heterocycles. The fraction of sp³-hybridized carbons (Fsp3) is 0.259. The van der Waals surface area contributed by atoms with E-state index >= 15 is 0 Å². The number of ether oxygens (including phenoxy) is 1. The lowest BCUT2D eigenvalue weighted by molar-refractivity contribution is -0.126. The predicted octanol–water partition coefficient (Wildman–Crippen LogP) is 5.44. The van der Waals surface area contributed by atoms with E-state index in [-0.39, 0.29) is 11.8 Å². The maximum atomic E-state index is 13.6. The number of nitrogens with zero attached hydrogens (tertiary/aromatic N) is 1. The molecule has 32 heavy (non-hydrogen) atoms. The molecule has 0 aromatic heterocycles. The van der Waals surface area contributed by atoms with Gasteiger partial charge in [-0.2, -0.15) is 0 Å². The molecular weight excluding hydrogens is 400 g/mol. The Morgan fingerprint density at radius 3 is 2.38 bits per heavy atom. The molecule has 1 saturated heterocycles. The number of amides is 2. The quantitative estimate of drug-likeness (QED) is 0.589. The van der Waals surface area contributed by atoms with Crippen LogP contribution in [0.15, 0.2) is 72.8 Å². The van der Waals surface area contributed by atoms with Crippen molar-refractivity contribution in [2.24, 2.45) is 5.92 Å². The van der Waals surface area contributed by atoms with Gasteiger partial charge in [-0.05, 0) is 50.1 Å². The van der Waals surface area contributed by atoms with Gasteiger partial charge >= 0.3 is 0 Å². The van der Waals surface area contributed by atoms with Gasteiger partial charge in [-0.1, -0.05) is 54.1 Å². The minimum absolute atomic E-state index is 0.00435. The molecule has 164 valence electrons. The second-order valence-electron chi connectivity index (χ2n) is 8.24. The second-order valence-corrected chi connectivity index (χ2v) is 8.24. The first kappa shape index (κ1) is 21.6. The number of anilines is 2. The van der Waals surface area contributed by atoms with Crippen LogP contribution in [0.3, 0.4) is 0 Å². The summed E-state index contributed by atoms with van der Waals surface area (Å²) in [6.07, 6.45) is 0.785. The Hall–Kier alpha value is -3.60. The van der Waals surface area contributed by atoms with Crippen molar-refractivity contribution in [2.75, 3.05) is 17.3 Å². The van der Waals surface area contributed by atoms with Gasteiger partial charge in [-0.3, -0.25) is 9.59 Å². The Morgan fingerprint density at radius 2 is 1.66 bits per heavy atom. The summed E-state index contributed by atoms with van der Waals surface area (Å²) >= 11 is 0. The highest BCUT2D eigenvalue weighted by Gasteiger charge is 2.42. The third-order valence-corrected chi connectivity index (χ3v) is 6.11. The van der Waals surface area contributed by atoms with Crippen LogP contribution in [0.2, 0.25) is 0 Å². The monoisotopic (exact) mass is 428 g/mol. The smallest absolute Gasteiger partial charge is 0.229 e. The molecule has 0 spiro atoms. The molecule has 3 aromatic carbocycles. The van der Waals surface area contributed by atoms with Crippen LogP contribution in [-0.2, 0) is 9.59 Å². The largest absolute Gasteiger partial charge is 0.496 e. The van der Waals surface area contributed by atoms with Crippen molar-refractivity contribution in [3.05, 3.63) is 89.5 Å². The molecule has 0 aliphatic carbocycles. The molecule has 1 heterocycles. The molecular formula is C27H28N2O3. The molecule has 1 aliphatic rings. The minimum atomic E-state index is -0.473. The van der Waals surface area contributed by atoms with Crippen LogP contribution in [0.4, 0.5) is 11.4 Å². The number of piperidine rings is 1.